The van der Waals surface area contributed by atoms with Crippen LogP contribution < -0.4 is 10.6 Å². The Labute approximate surface area is 190 Å². The summed E-state index contributed by atoms with van der Waals surface area (Å²) in [5.41, 5.74) is 7.87. The Bertz CT molecular complexity index is 1120. The number of allylic oxidation sites excluding steroid dienone is 2. The summed E-state index contributed by atoms with van der Waals surface area (Å²) in [5.74, 6) is -1.19. The number of anilines is 1. The zero-order valence-electron chi connectivity index (χ0n) is 17.2. The van der Waals surface area contributed by atoms with Crippen LogP contribution in [-0.2, 0) is 9.59 Å². The first-order chi connectivity index (χ1) is 14.6. The maximum absolute atomic E-state index is 13.4. The quantitative estimate of drug-likeness (QED) is 0.683. The van der Waals surface area contributed by atoms with Gasteiger partial charge in [0.05, 0.1) is 0 Å². The molecular weight excluding hydrogens is 435 g/mol. The van der Waals surface area contributed by atoms with E-state index >= 15 is 0 Å². The van der Waals surface area contributed by atoms with Crippen molar-refractivity contribution in [1.82, 2.24) is 0 Å². The average molecular weight is 457 g/mol. The van der Waals surface area contributed by atoms with Crippen LogP contribution in [0.4, 0.5) is 5.69 Å². The van der Waals surface area contributed by atoms with Gasteiger partial charge in [0.15, 0.2) is 5.78 Å². The Kier molecular flexibility index (Phi) is 5.44. The van der Waals surface area contributed by atoms with Crippen LogP contribution in [0.5, 0.6) is 0 Å². The number of primary amides is 1. The minimum atomic E-state index is -0.543. The molecule has 5 nitrogen and oxygen atoms in total. The van der Waals surface area contributed by atoms with Crippen LogP contribution >= 0.6 is 23.2 Å². The third kappa shape index (κ3) is 3.88. The highest BCUT2D eigenvalue weighted by atomic mass is 35.5. The molecule has 160 valence electrons. The topological polar surface area (TPSA) is 80.5 Å². The number of ketones is 1. The molecule has 2 aromatic rings. The van der Waals surface area contributed by atoms with E-state index in [-0.39, 0.29) is 23.5 Å². The summed E-state index contributed by atoms with van der Waals surface area (Å²) < 4.78 is 0. The second-order valence-corrected chi connectivity index (χ2v) is 9.65. The fraction of sp³-hybridized carbons (Fsp3) is 0.292. The van der Waals surface area contributed by atoms with Crippen molar-refractivity contribution in [2.45, 2.75) is 39.0 Å². The van der Waals surface area contributed by atoms with Gasteiger partial charge in [-0.3, -0.25) is 19.3 Å². The summed E-state index contributed by atoms with van der Waals surface area (Å²) in [5, 5.41) is 0.878. The Balaban J connectivity index is 1.91. The van der Waals surface area contributed by atoms with Gasteiger partial charge in [-0.2, -0.15) is 0 Å². The third-order valence-electron chi connectivity index (χ3n) is 5.90. The van der Waals surface area contributed by atoms with E-state index in [1.165, 1.54) is 0 Å². The van der Waals surface area contributed by atoms with Gasteiger partial charge >= 0.3 is 0 Å². The van der Waals surface area contributed by atoms with E-state index < -0.39 is 11.8 Å². The molecular formula is C24H22Cl2N2O3. The molecule has 1 unspecified atom stereocenters. The molecule has 2 aromatic carbocycles. The van der Waals surface area contributed by atoms with Gasteiger partial charge in [-0.15, -0.1) is 0 Å². The molecule has 0 aromatic heterocycles. The van der Waals surface area contributed by atoms with Crippen molar-refractivity contribution >= 4 is 46.5 Å². The minimum absolute atomic E-state index is 0.00140. The summed E-state index contributed by atoms with van der Waals surface area (Å²) in [6.07, 6.45) is 1.01. The lowest BCUT2D eigenvalue weighted by Crippen LogP contribution is -2.43. The molecule has 0 fully saturated rings. The van der Waals surface area contributed by atoms with Gasteiger partial charge in [0.2, 0.25) is 11.8 Å². The van der Waals surface area contributed by atoms with E-state index in [0.717, 1.165) is 0 Å². The molecule has 1 aliphatic heterocycles. The highest BCUT2D eigenvalue weighted by Crippen LogP contribution is 2.50. The molecule has 1 heterocycles. The number of nitrogens with zero attached hydrogens (tertiary/aromatic N) is 1. The van der Waals surface area contributed by atoms with E-state index in [1.807, 2.05) is 13.8 Å². The molecule has 0 bridgehead atoms. The molecule has 31 heavy (non-hydrogen) atoms. The maximum Gasteiger partial charge on any atom is 0.248 e. The molecule has 2 aliphatic rings. The summed E-state index contributed by atoms with van der Waals surface area (Å²) in [4.78, 5) is 39.8. The van der Waals surface area contributed by atoms with Gasteiger partial charge in [-0.05, 0) is 53.8 Å². The lowest BCUT2D eigenvalue weighted by Gasteiger charge is -2.43. The molecule has 0 spiro atoms. The average Bonchev–Trinajstić information content (AvgIpc) is 2.66. The standard InChI is InChI=1S/C24H22Cl2N2O3/c1-24(2)11-18-22(19(29)12-24)15(21-16(25)4-3-5-17(21)26)10-20(30)28(18)14-8-6-13(7-9-14)23(27)31/h3-9,15H,10-12H2,1-2H3,(H2,27,31). The predicted octanol–water partition coefficient (Wildman–Crippen LogP) is 5.26. The second-order valence-electron chi connectivity index (χ2n) is 8.83. The number of carbonyl (C=O) groups excluding carboxylic acids is 3. The summed E-state index contributed by atoms with van der Waals surface area (Å²) in [7, 11) is 0. The lowest BCUT2D eigenvalue weighted by atomic mass is 9.69. The first-order valence-corrected chi connectivity index (χ1v) is 10.8. The van der Waals surface area contributed by atoms with Gasteiger partial charge in [-0.25, -0.2) is 0 Å². The number of rotatable bonds is 3. The number of carbonyl (C=O) groups is 3. The molecule has 1 aliphatic carbocycles. The van der Waals surface area contributed by atoms with E-state index in [1.54, 1.807) is 47.4 Å². The normalized spacial score (nSPS) is 20.6. The zero-order chi connectivity index (χ0) is 22.5. The Hall–Kier alpha value is -2.63. The molecule has 7 heteroatoms. The van der Waals surface area contributed by atoms with Crippen molar-refractivity contribution in [2.24, 2.45) is 11.1 Å². The van der Waals surface area contributed by atoms with Gasteiger partial charge < -0.3 is 5.73 Å². The van der Waals surface area contributed by atoms with E-state index in [2.05, 4.69) is 0 Å². The van der Waals surface area contributed by atoms with Crippen LogP contribution in [0, 0.1) is 5.41 Å². The number of hydrogen-bond acceptors (Lipinski definition) is 3. The summed E-state index contributed by atoms with van der Waals surface area (Å²) in [6.45, 7) is 4.03. The number of amides is 2. The number of halogens is 2. The SMILES string of the molecule is CC1(C)CC(=O)C2=C(C1)N(c1ccc(C(N)=O)cc1)C(=O)CC2c1c(Cl)cccc1Cl. The zero-order valence-corrected chi connectivity index (χ0v) is 18.8. The Morgan fingerprint density at radius 3 is 2.23 bits per heavy atom. The van der Waals surface area contributed by atoms with Crippen LogP contribution in [0.3, 0.4) is 0 Å². The largest absolute Gasteiger partial charge is 0.366 e. The van der Waals surface area contributed by atoms with Crippen LogP contribution in [0.1, 0.15) is 54.9 Å². The molecule has 4 rings (SSSR count). The van der Waals surface area contributed by atoms with Crippen LogP contribution in [0.2, 0.25) is 10.0 Å². The number of benzene rings is 2. The predicted molar refractivity (Wildman–Crippen MR) is 121 cm³/mol. The number of hydrogen-bond donors (Lipinski definition) is 1. The minimum Gasteiger partial charge on any atom is -0.366 e. The van der Waals surface area contributed by atoms with Crippen molar-refractivity contribution in [3.63, 3.8) is 0 Å². The van der Waals surface area contributed by atoms with Gasteiger partial charge in [0.25, 0.3) is 0 Å². The highest BCUT2D eigenvalue weighted by Gasteiger charge is 2.45. The smallest absolute Gasteiger partial charge is 0.248 e. The Morgan fingerprint density at radius 2 is 1.65 bits per heavy atom. The van der Waals surface area contributed by atoms with Gasteiger partial charge in [-0.1, -0.05) is 43.1 Å². The van der Waals surface area contributed by atoms with Crippen molar-refractivity contribution in [1.29, 1.82) is 0 Å². The van der Waals surface area contributed by atoms with Crippen molar-refractivity contribution in [3.05, 3.63) is 74.9 Å². The fourth-order valence-corrected chi connectivity index (χ4v) is 5.24. The molecule has 0 radical (unpaired) electrons. The lowest BCUT2D eigenvalue weighted by molar-refractivity contribution is -0.121. The first-order valence-electron chi connectivity index (χ1n) is 10.0. The summed E-state index contributed by atoms with van der Waals surface area (Å²) in [6, 6.07) is 11.7. The van der Waals surface area contributed by atoms with Gasteiger partial charge in [0.1, 0.15) is 0 Å². The number of nitrogens with two attached hydrogens (primary N) is 1. The second kappa shape index (κ2) is 7.81. The monoisotopic (exact) mass is 456 g/mol. The van der Waals surface area contributed by atoms with E-state index in [4.69, 9.17) is 28.9 Å². The van der Waals surface area contributed by atoms with Crippen LogP contribution in [-0.4, -0.2) is 17.6 Å². The molecule has 2 N–H and O–H groups in total. The molecule has 0 saturated carbocycles. The van der Waals surface area contributed by atoms with Gasteiger partial charge in [0, 0.05) is 51.3 Å². The maximum atomic E-state index is 13.4. The Morgan fingerprint density at radius 1 is 1.03 bits per heavy atom. The molecule has 2 amide bonds. The van der Waals surface area contributed by atoms with E-state index in [9.17, 15) is 14.4 Å². The van der Waals surface area contributed by atoms with Crippen molar-refractivity contribution in [3.8, 4) is 0 Å². The van der Waals surface area contributed by atoms with Crippen molar-refractivity contribution in [2.75, 3.05) is 4.90 Å². The summed E-state index contributed by atoms with van der Waals surface area (Å²) >= 11 is 12.9. The first kappa shape index (κ1) is 21.6. The number of Topliss-reactive ketones (excluding diaryl/α,β-unsaturated/α-hetero) is 1. The molecule has 1 atom stereocenters. The molecule has 0 saturated heterocycles. The van der Waals surface area contributed by atoms with E-state index in [0.29, 0.717) is 51.0 Å². The van der Waals surface area contributed by atoms with Crippen LogP contribution in [0.15, 0.2) is 53.7 Å². The van der Waals surface area contributed by atoms with Crippen molar-refractivity contribution < 1.29 is 14.4 Å². The highest BCUT2D eigenvalue weighted by molar-refractivity contribution is 6.36. The van der Waals surface area contributed by atoms with Crippen LogP contribution in [0.25, 0.3) is 0 Å². The fourth-order valence-electron chi connectivity index (χ4n) is 4.58. The third-order valence-corrected chi connectivity index (χ3v) is 6.56.